The number of H-pyrrole nitrogens is 1. The highest BCUT2D eigenvalue weighted by Crippen LogP contribution is 2.25. The Bertz CT molecular complexity index is 1190. The quantitative estimate of drug-likeness (QED) is 0.445. The smallest absolute Gasteiger partial charge is 0.246 e. The number of amides is 4. The van der Waals surface area contributed by atoms with Crippen molar-refractivity contribution >= 4 is 34.5 Å². The summed E-state index contributed by atoms with van der Waals surface area (Å²) in [7, 11) is 1.44. The van der Waals surface area contributed by atoms with Crippen LogP contribution >= 0.6 is 0 Å². The van der Waals surface area contributed by atoms with Crippen molar-refractivity contribution in [3.8, 4) is 0 Å². The van der Waals surface area contributed by atoms with E-state index in [0.717, 1.165) is 29.3 Å². The van der Waals surface area contributed by atoms with Gasteiger partial charge in [0, 0.05) is 55.7 Å². The van der Waals surface area contributed by atoms with Crippen molar-refractivity contribution in [2.45, 2.75) is 77.0 Å². The van der Waals surface area contributed by atoms with Gasteiger partial charge in [-0.15, -0.1) is 0 Å². The number of aromatic amines is 1. The molecule has 0 radical (unpaired) electrons. The van der Waals surface area contributed by atoms with Crippen LogP contribution in [0, 0.1) is 11.8 Å². The molecule has 0 spiro atoms. The summed E-state index contributed by atoms with van der Waals surface area (Å²) < 4.78 is 4.94. The fraction of sp³-hybridized carbons (Fsp3) is 0.586. The zero-order valence-electron chi connectivity index (χ0n) is 23.3. The summed E-state index contributed by atoms with van der Waals surface area (Å²) >= 11 is 0. The van der Waals surface area contributed by atoms with E-state index in [1.54, 1.807) is 0 Å². The Hall–Kier alpha value is -3.40. The first kappa shape index (κ1) is 28.6. The van der Waals surface area contributed by atoms with Crippen LogP contribution in [0.2, 0.25) is 0 Å². The van der Waals surface area contributed by atoms with E-state index >= 15 is 0 Å². The first-order valence-electron chi connectivity index (χ1n) is 13.9. The monoisotopic (exact) mass is 539 g/mol. The molecule has 2 aliphatic heterocycles. The van der Waals surface area contributed by atoms with E-state index in [9.17, 15) is 19.2 Å². The molecule has 1 aromatic carbocycles. The van der Waals surface area contributed by atoms with Crippen LogP contribution in [0.5, 0.6) is 0 Å². The average molecular weight is 540 g/mol. The molecule has 39 heavy (non-hydrogen) atoms. The summed E-state index contributed by atoms with van der Waals surface area (Å²) in [5, 5.41) is 10.0. The van der Waals surface area contributed by atoms with E-state index in [1.165, 1.54) is 12.0 Å². The number of nitrogens with zero attached hydrogens (tertiary/aromatic N) is 1. The molecule has 2 aliphatic rings. The molecule has 0 unspecified atom stereocenters. The van der Waals surface area contributed by atoms with Crippen molar-refractivity contribution < 1.29 is 23.9 Å². The molecule has 212 valence electrons. The Kier molecular flexibility index (Phi) is 9.27. The number of carbonyl (C=O) groups excluding carboxylic acids is 4. The third-order valence-corrected chi connectivity index (χ3v) is 7.90. The maximum Gasteiger partial charge on any atom is 0.246 e. The largest absolute Gasteiger partial charge is 0.375 e. The van der Waals surface area contributed by atoms with Crippen LogP contribution in [-0.2, 0) is 30.3 Å². The zero-order chi connectivity index (χ0) is 28.1. The zero-order valence-corrected chi connectivity index (χ0v) is 23.3. The van der Waals surface area contributed by atoms with Crippen LogP contribution in [0.15, 0.2) is 30.5 Å². The highest BCUT2D eigenvalue weighted by atomic mass is 16.5. The Labute approximate surface area is 229 Å². The molecule has 3 heterocycles. The van der Waals surface area contributed by atoms with Gasteiger partial charge in [0.2, 0.25) is 23.6 Å². The first-order chi connectivity index (χ1) is 18.7. The number of nitrogens with one attached hydrogen (secondary N) is 4. The van der Waals surface area contributed by atoms with Crippen LogP contribution in [0.3, 0.4) is 0 Å². The highest BCUT2D eigenvalue weighted by Gasteiger charge is 2.43. The number of para-hydroxylation sites is 1. The van der Waals surface area contributed by atoms with E-state index in [0.29, 0.717) is 12.8 Å². The molecule has 4 N–H and O–H groups in total. The lowest BCUT2D eigenvalue weighted by Gasteiger charge is -2.30. The van der Waals surface area contributed by atoms with Gasteiger partial charge in [-0.2, -0.15) is 0 Å². The van der Waals surface area contributed by atoms with Crippen LogP contribution in [-0.4, -0.2) is 77.9 Å². The fourth-order valence-electron chi connectivity index (χ4n) is 5.74. The molecule has 4 rings (SSSR count). The van der Waals surface area contributed by atoms with E-state index < -0.39 is 18.1 Å². The number of rotatable bonds is 6. The van der Waals surface area contributed by atoms with E-state index in [4.69, 9.17) is 4.74 Å². The van der Waals surface area contributed by atoms with Gasteiger partial charge in [0.05, 0.1) is 0 Å². The van der Waals surface area contributed by atoms with Crippen LogP contribution < -0.4 is 16.0 Å². The third kappa shape index (κ3) is 6.98. The van der Waals surface area contributed by atoms with Crippen molar-refractivity contribution in [3.05, 3.63) is 36.0 Å². The van der Waals surface area contributed by atoms with Crippen molar-refractivity contribution in [2.75, 3.05) is 20.3 Å². The van der Waals surface area contributed by atoms with Gasteiger partial charge in [0.25, 0.3) is 0 Å². The van der Waals surface area contributed by atoms with Crippen molar-refractivity contribution in [2.24, 2.45) is 11.8 Å². The minimum absolute atomic E-state index is 0.0788. The third-order valence-electron chi connectivity index (χ3n) is 7.90. The molecule has 2 fully saturated rings. The molecule has 0 aliphatic carbocycles. The Balaban J connectivity index is 1.66. The molecule has 2 aromatic rings. The number of ether oxygens (including phenoxy) is 1. The summed E-state index contributed by atoms with van der Waals surface area (Å²) in [6, 6.07) is 5.73. The first-order valence-corrected chi connectivity index (χ1v) is 13.9. The minimum atomic E-state index is -0.853. The molecule has 10 heteroatoms. The van der Waals surface area contributed by atoms with E-state index in [1.807, 2.05) is 37.4 Å². The molecule has 5 atom stereocenters. The highest BCUT2D eigenvalue weighted by molar-refractivity contribution is 5.94. The van der Waals surface area contributed by atoms with Crippen LogP contribution in [0.1, 0.15) is 52.0 Å². The van der Waals surface area contributed by atoms with Gasteiger partial charge in [0.15, 0.2) is 0 Å². The van der Waals surface area contributed by atoms with E-state index in [-0.39, 0.29) is 61.1 Å². The Morgan fingerprint density at radius 2 is 1.92 bits per heavy atom. The van der Waals surface area contributed by atoms with Crippen molar-refractivity contribution in [1.82, 2.24) is 25.8 Å². The Morgan fingerprint density at radius 1 is 1.15 bits per heavy atom. The summed E-state index contributed by atoms with van der Waals surface area (Å²) in [6.45, 7) is 6.22. The van der Waals surface area contributed by atoms with Gasteiger partial charge >= 0.3 is 0 Å². The van der Waals surface area contributed by atoms with Gasteiger partial charge in [-0.1, -0.05) is 39.0 Å². The second-order valence-corrected chi connectivity index (χ2v) is 11.4. The lowest BCUT2D eigenvalue weighted by Crippen LogP contribution is -2.55. The molecular formula is C29H41N5O5. The molecule has 2 saturated heterocycles. The average Bonchev–Trinajstić information content (AvgIpc) is 3.49. The molecule has 1 aromatic heterocycles. The lowest BCUT2D eigenvalue weighted by molar-refractivity contribution is -0.141. The van der Waals surface area contributed by atoms with Crippen molar-refractivity contribution in [3.63, 3.8) is 0 Å². The van der Waals surface area contributed by atoms with E-state index in [2.05, 4.69) is 34.8 Å². The summed E-state index contributed by atoms with van der Waals surface area (Å²) in [5.41, 5.74) is 1.86. The minimum Gasteiger partial charge on any atom is -0.375 e. The number of aromatic nitrogens is 1. The number of hydrogen-bond acceptors (Lipinski definition) is 5. The molecule has 0 bridgehead atoms. The van der Waals surface area contributed by atoms with Crippen molar-refractivity contribution in [1.29, 1.82) is 0 Å². The molecule has 4 amide bonds. The second-order valence-electron chi connectivity index (χ2n) is 11.4. The van der Waals surface area contributed by atoms with Crippen LogP contribution in [0.25, 0.3) is 10.9 Å². The maximum absolute atomic E-state index is 14.1. The Morgan fingerprint density at radius 3 is 2.67 bits per heavy atom. The number of benzene rings is 1. The predicted octanol–water partition coefficient (Wildman–Crippen LogP) is 1.89. The molecular weight excluding hydrogens is 498 g/mol. The SMILES string of the molecule is COCC(=O)N[C@@H]1C[C@H]2C(=O)N[C@H](C(C)C)CC[C@@H](C)CC(=O)N[C@H](Cc3c[nH]c4ccccc34)C(=O)N2C1. The van der Waals surface area contributed by atoms with Gasteiger partial charge in [-0.05, 0) is 42.7 Å². The number of fused-ring (bicyclic) bond motifs is 2. The molecule has 0 saturated carbocycles. The van der Waals surface area contributed by atoms with Gasteiger partial charge < -0.3 is 30.6 Å². The predicted molar refractivity (Wildman–Crippen MR) is 148 cm³/mol. The number of methoxy groups -OCH3 is 1. The normalized spacial score (nSPS) is 26.8. The number of carbonyl (C=O) groups is 4. The second kappa shape index (κ2) is 12.6. The van der Waals surface area contributed by atoms with Gasteiger partial charge in [-0.3, -0.25) is 19.2 Å². The molecule has 10 nitrogen and oxygen atoms in total. The summed E-state index contributed by atoms with van der Waals surface area (Å²) in [5.74, 6) is -0.741. The summed E-state index contributed by atoms with van der Waals surface area (Å²) in [6.07, 6.45) is 4.26. The van der Waals surface area contributed by atoms with Gasteiger partial charge in [-0.25, -0.2) is 0 Å². The fourth-order valence-corrected chi connectivity index (χ4v) is 5.74. The maximum atomic E-state index is 14.1. The topological polar surface area (TPSA) is 133 Å². The lowest BCUT2D eigenvalue weighted by atomic mass is 9.92. The van der Waals surface area contributed by atoms with Crippen LogP contribution in [0.4, 0.5) is 0 Å². The van der Waals surface area contributed by atoms with Gasteiger partial charge in [0.1, 0.15) is 18.7 Å². The number of hydrogen-bond donors (Lipinski definition) is 4. The summed E-state index contributed by atoms with van der Waals surface area (Å²) in [4.78, 5) is 57.9. The standard InChI is InChI=1S/C29H41N5O5/c1-17(2)22-10-9-18(3)11-26(35)32-24(12-19-14-30-23-8-6-5-7-21(19)23)29(38)34-15-20(31-27(36)16-39-4)13-25(34)28(37)33-22/h5-8,14,17-18,20,22,24-25,30H,9-13,15-16H2,1-4H3,(H,31,36)(H,32,35)(H,33,37)/t18-,20-,22+,24-,25+/m1/s1.